The number of hydrogen-bond acceptors (Lipinski definition) is 8. The molecule has 10 nitrogen and oxygen atoms in total. The normalized spacial score (nSPS) is 18.8. The summed E-state index contributed by atoms with van der Waals surface area (Å²) in [6.45, 7) is 2.21. The maximum atomic E-state index is 12.5. The third-order valence-corrected chi connectivity index (χ3v) is 7.36. The number of carbonyl (C=O) groups excluding carboxylic acids is 1. The monoisotopic (exact) mass is 536 g/mol. The van der Waals surface area contributed by atoms with E-state index in [1.165, 1.54) is 6.26 Å². The summed E-state index contributed by atoms with van der Waals surface area (Å²) < 4.78 is 30.0. The molecule has 2 bridgehead atoms. The Bertz CT molecular complexity index is 1380. The lowest BCUT2D eigenvalue weighted by atomic mass is 10.2. The van der Waals surface area contributed by atoms with Crippen LogP contribution in [0.5, 0.6) is 0 Å². The van der Waals surface area contributed by atoms with Gasteiger partial charge in [0, 0.05) is 48.9 Å². The first kappa shape index (κ1) is 26.1. The second-order valence-electron chi connectivity index (χ2n) is 9.86. The van der Waals surface area contributed by atoms with Crippen LogP contribution in [0.3, 0.4) is 0 Å². The fourth-order valence-corrected chi connectivity index (χ4v) is 5.51. The van der Waals surface area contributed by atoms with E-state index in [1.54, 1.807) is 18.2 Å². The molecule has 3 heterocycles. The molecule has 2 atom stereocenters. The summed E-state index contributed by atoms with van der Waals surface area (Å²) in [6, 6.07) is 16.2. The van der Waals surface area contributed by atoms with E-state index in [0.717, 1.165) is 43.6 Å². The molecule has 1 aromatic heterocycles. The van der Waals surface area contributed by atoms with Crippen LogP contribution in [0.1, 0.15) is 24.1 Å². The summed E-state index contributed by atoms with van der Waals surface area (Å²) in [5.41, 5.74) is 3.60. The lowest BCUT2D eigenvalue weighted by molar-refractivity contribution is 0.0302. The molecule has 2 aromatic carbocycles. The van der Waals surface area contributed by atoms with Crippen molar-refractivity contribution in [2.24, 2.45) is 0 Å². The highest BCUT2D eigenvalue weighted by atomic mass is 32.2. The van der Waals surface area contributed by atoms with E-state index in [2.05, 4.69) is 25.8 Å². The number of fused-ring (bicyclic) bond motifs is 2. The van der Waals surface area contributed by atoms with Gasteiger partial charge in [-0.2, -0.15) is 0 Å². The number of rotatable bonds is 8. The number of urea groups is 1. The molecule has 200 valence electrons. The van der Waals surface area contributed by atoms with Gasteiger partial charge in [-0.25, -0.2) is 23.2 Å². The smallest absolute Gasteiger partial charge is 0.323 e. The summed E-state index contributed by atoms with van der Waals surface area (Å²) in [5.74, 6) is 0.983. The highest BCUT2D eigenvalue weighted by Crippen LogP contribution is 2.30. The van der Waals surface area contributed by atoms with E-state index in [9.17, 15) is 13.2 Å². The van der Waals surface area contributed by atoms with Gasteiger partial charge in [-0.1, -0.05) is 12.1 Å². The number of sulfone groups is 1. The summed E-state index contributed by atoms with van der Waals surface area (Å²) >= 11 is 0. The van der Waals surface area contributed by atoms with Gasteiger partial charge < -0.3 is 25.6 Å². The number of nitrogens with zero attached hydrogens (tertiary/aromatic N) is 3. The number of hydrogen-bond donors (Lipinski definition) is 3. The van der Waals surface area contributed by atoms with E-state index in [4.69, 9.17) is 9.72 Å². The molecule has 0 aliphatic carbocycles. The van der Waals surface area contributed by atoms with Crippen LogP contribution < -0.4 is 20.9 Å². The molecule has 0 radical (unpaired) electrons. The predicted octanol–water partition coefficient (Wildman–Crippen LogP) is 3.42. The van der Waals surface area contributed by atoms with Gasteiger partial charge in [0.05, 0.1) is 23.7 Å². The van der Waals surface area contributed by atoms with Crippen LogP contribution in [0.25, 0.3) is 11.4 Å². The van der Waals surface area contributed by atoms with Gasteiger partial charge in [0.25, 0.3) is 0 Å². The number of benzene rings is 2. The van der Waals surface area contributed by atoms with E-state index in [1.807, 2.05) is 43.4 Å². The van der Waals surface area contributed by atoms with Crippen LogP contribution in [-0.2, 0) is 26.9 Å². The van der Waals surface area contributed by atoms with Crippen molar-refractivity contribution in [2.75, 3.05) is 41.9 Å². The molecule has 3 N–H and O–H groups in total. The minimum atomic E-state index is -3.28. The van der Waals surface area contributed by atoms with Crippen molar-refractivity contribution >= 4 is 33.1 Å². The molecular formula is C27H32N6O4S. The van der Waals surface area contributed by atoms with Crippen LogP contribution in [0.2, 0.25) is 0 Å². The van der Waals surface area contributed by atoms with Crippen LogP contribution in [0, 0.1) is 0 Å². The summed E-state index contributed by atoms with van der Waals surface area (Å²) in [5, 5.41) is 8.74. The maximum Gasteiger partial charge on any atom is 0.323 e. The minimum absolute atomic E-state index is 0.164. The van der Waals surface area contributed by atoms with Gasteiger partial charge in [0.2, 0.25) is 0 Å². The minimum Gasteiger partial charge on any atom is -0.371 e. The molecular weight excluding hydrogens is 504 g/mol. The predicted molar refractivity (Wildman–Crippen MR) is 148 cm³/mol. The first-order valence-corrected chi connectivity index (χ1v) is 14.7. The van der Waals surface area contributed by atoms with Crippen molar-refractivity contribution in [1.29, 1.82) is 0 Å². The highest BCUT2D eigenvalue weighted by molar-refractivity contribution is 7.89. The molecule has 38 heavy (non-hydrogen) atoms. The molecule has 2 unspecified atom stereocenters. The molecule has 0 saturated carbocycles. The Hall–Kier alpha value is -3.54. The molecule has 2 fully saturated rings. The van der Waals surface area contributed by atoms with Crippen molar-refractivity contribution in [3.8, 4) is 11.4 Å². The van der Waals surface area contributed by atoms with Crippen molar-refractivity contribution in [1.82, 2.24) is 15.3 Å². The Labute approximate surface area is 222 Å². The van der Waals surface area contributed by atoms with Crippen LogP contribution in [0.4, 0.5) is 22.0 Å². The number of morpholine rings is 1. The zero-order valence-electron chi connectivity index (χ0n) is 21.5. The Morgan fingerprint density at radius 3 is 2.16 bits per heavy atom. The average Bonchev–Trinajstić information content (AvgIpc) is 3.21. The number of ether oxygens (including phenoxy) is 1. The zero-order chi connectivity index (χ0) is 26.7. The summed E-state index contributed by atoms with van der Waals surface area (Å²) in [7, 11) is -1.39. The number of nitrogens with one attached hydrogen (secondary N) is 3. The lowest BCUT2D eigenvalue weighted by Crippen LogP contribution is -2.43. The van der Waals surface area contributed by atoms with Gasteiger partial charge in [0.1, 0.15) is 5.82 Å². The van der Waals surface area contributed by atoms with Gasteiger partial charge >= 0.3 is 6.03 Å². The maximum absolute atomic E-state index is 12.5. The average molecular weight is 537 g/mol. The van der Waals surface area contributed by atoms with Crippen molar-refractivity contribution < 1.29 is 17.9 Å². The van der Waals surface area contributed by atoms with E-state index in [-0.39, 0.29) is 24.0 Å². The van der Waals surface area contributed by atoms with E-state index < -0.39 is 9.84 Å². The second-order valence-corrected chi connectivity index (χ2v) is 12.0. The van der Waals surface area contributed by atoms with Gasteiger partial charge in [-0.15, -0.1) is 0 Å². The van der Waals surface area contributed by atoms with Gasteiger partial charge in [-0.3, -0.25) is 0 Å². The molecule has 11 heteroatoms. The fourth-order valence-electron chi connectivity index (χ4n) is 4.82. The van der Waals surface area contributed by atoms with E-state index >= 15 is 0 Å². The van der Waals surface area contributed by atoms with Crippen LogP contribution >= 0.6 is 0 Å². The molecule has 2 saturated heterocycles. The standard InChI is InChI=1S/C27H32N6O4S/c1-28-14-18-3-7-20(8-4-18)30-27(34)31-21-9-5-19(6-10-21)26-29-22(17-38(2,35)36)13-25(32-26)33-15-23-11-12-24(16-33)37-23/h3-10,13,23-24,28H,11-12,14-17H2,1-2H3,(H2,30,31,34). The zero-order valence-corrected chi connectivity index (χ0v) is 22.3. The summed E-state index contributed by atoms with van der Waals surface area (Å²) in [6.07, 6.45) is 3.60. The van der Waals surface area contributed by atoms with Gasteiger partial charge in [0.15, 0.2) is 15.7 Å². The Morgan fingerprint density at radius 1 is 0.974 bits per heavy atom. The molecule has 0 spiro atoms. The number of carbonyl (C=O) groups is 1. The second kappa shape index (κ2) is 11.1. The fraction of sp³-hybridized carbons (Fsp3) is 0.370. The Balaban J connectivity index is 1.31. The third kappa shape index (κ3) is 6.66. The SMILES string of the molecule is CNCc1ccc(NC(=O)Nc2ccc(-c3nc(CS(C)(=O)=O)cc(N4CC5CCC(C4)O5)n3)cc2)cc1. The number of aromatic nitrogens is 2. The van der Waals surface area contributed by atoms with Crippen LogP contribution in [-0.4, -0.2) is 63.0 Å². The number of amides is 2. The van der Waals surface area contributed by atoms with E-state index in [0.29, 0.717) is 28.7 Å². The first-order valence-electron chi connectivity index (χ1n) is 12.6. The van der Waals surface area contributed by atoms with Crippen LogP contribution in [0.15, 0.2) is 54.6 Å². The highest BCUT2D eigenvalue weighted by Gasteiger charge is 2.34. The lowest BCUT2D eigenvalue weighted by Gasteiger charge is -2.33. The van der Waals surface area contributed by atoms with Gasteiger partial charge in [-0.05, 0) is 61.9 Å². The molecule has 2 aliphatic rings. The van der Waals surface area contributed by atoms with Crippen molar-refractivity contribution in [3.05, 3.63) is 65.9 Å². The third-order valence-electron chi connectivity index (χ3n) is 6.54. The molecule has 5 rings (SSSR count). The largest absolute Gasteiger partial charge is 0.371 e. The Morgan fingerprint density at radius 2 is 1.58 bits per heavy atom. The topological polar surface area (TPSA) is 126 Å². The van der Waals surface area contributed by atoms with Crippen molar-refractivity contribution in [2.45, 2.75) is 37.3 Å². The van der Waals surface area contributed by atoms with Crippen molar-refractivity contribution in [3.63, 3.8) is 0 Å². The molecule has 2 aliphatic heterocycles. The quantitative estimate of drug-likeness (QED) is 0.400. The first-order chi connectivity index (χ1) is 18.2. The number of anilines is 3. The summed E-state index contributed by atoms with van der Waals surface area (Å²) in [4.78, 5) is 24.0. The Kier molecular flexibility index (Phi) is 7.59. The molecule has 3 aromatic rings. The molecule has 2 amide bonds.